The second-order valence-corrected chi connectivity index (χ2v) is 5.58. The molecule has 0 saturated heterocycles. The van der Waals surface area contributed by atoms with Gasteiger partial charge >= 0.3 is 0 Å². The Morgan fingerprint density at radius 2 is 1.74 bits per heavy atom. The molecule has 19 heavy (non-hydrogen) atoms. The number of unbranched alkanes of at least 4 members (excludes halogenated alkanes) is 3. The molecule has 0 aromatic heterocycles. The van der Waals surface area contributed by atoms with Gasteiger partial charge in [0.2, 0.25) is 0 Å². The zero-order chi connectivity index (χ0) is 13.9. The minimum Gasteiger partial charge on any atom is -0.313 e. The van der Waals surface area contributed by atoms with E-state index in [1.807, 2.05) is 24.3 Å². The summed E-state index contributed by atoms with van der Waals surface area (Å²) >= 11 is 0. The standard InChI is InChI=1S/C17H26N2/c1-15(2)7-5-3-4-6-12-19-14-17-10-8-16(13-18)9-11-17/h8-11,15,19H,3-7,12,14H2,1-2H3. The molecule has 0 atom stereocenters. The zero-order valence-electron chi connectivity index (χ0n) is 12.3. The lowest BCUT2D eigenvalue weighted by Crippen LogP contribution is -2.14. The summed E-state index contributed by atoms with van der Waals surface area (Å²) in [7, 11) is 0. The van der Waals surface area contributed by atoms with Gasteiger partial charge in [0.05, 0.1) is 11.6 Å². The molecule has 0 amide bonds. The van der Waals surface area contributed by atoms with Crippen LogP contribution in [0.4, 0.5) is 0 Å². The van der Waals surface area contributed by atoms with Gasteiger partial charge in [0.1, 0.15) is 0 Å². The van der Waals surface area contributed by atoms with Crippen LogP contribution in [0.2, 0.25) is 0 Å². The molecular formula is C17H26N2. The van der Waals surface area contributed by atoms with Gasteiger partial charge in [-0.2, -0.15) is 5.26 Å². The normalized spacial score (nSPS) is 10.6. The van der Waals surface area contributed by atoms with Crippen LogP contribution in [0, 0.1) is 17.2 Å². The molecule has 0 bridgehead atoms. The van der Waals surface area contributed by atoms with E-state index in [2.05, 4.69) is 25.2 Å². The van der Waals surface area contributed by atoms with Gasteiger partial charge in [-0.25, -0.2) is 0 Å². The monoisotopic (exact) mass is 258 g/mol. The SMILES string of the molecule is CC(C)CCCCCCNCc1ccc(C#N)cc1. The van der Waals surface area contributed by atoms with Crippen molar-refractivity contribution < 1.29 is 0 Å². The summed E-state index contributed by atoms with van der Waals surface area (Å²) in [6.45, 7) is 6.57. The first kappa shape index (κ1) is 15.7. The van der Waals surface area contributed by atoms with E-state index in [4.69, 9.17) is 5.26 Å². The maximum atomic E-state index is 8.71. The van der Waals surface area contributed by atoms with Crippen molar-refractivity contribution >= 4 is 0 Å². The average Bonchev–Trinajstić information content (AvgIpc) is 2.42. The molecule has 1 aromatic carbocycles. The molecule has 104 valence electrons. The van der Waals surface area contributed by atoms with Gasteiger partial charge in [0, 0.05) is 6.54 Å². The van der Waals surface area contributed by atoms with Gasteiger partial charge in [-0.15, -0.1) is 0 Å². The van der Waals surface area contributed by atoms with Crippen LogP contribution in [0.25, 0.3) is 0 Å². The van der Waals surface area contributed by atoms with Crippen molar-refractivity contribution in [3.63, 3.8) is 0 Å². The van der Waals surface area contributed by atoms with Gasteiger partial charge in [0.15, 0.2) is 0 Å². The summed E-state index contributed by atoms with van der Waals surface area (Å²) in [6.07, 6.45) is 6.67. The maximum Gasteiger partial charge on any atom is 0.0991 e. The van der Waals surface area contributed by atoms with Gasteiger partial charge in [-0.05, 0) is 36.6 Å². The highest BCUT2D eigenvalue weighted by atomic mass is 14.8. The molecule has 0 radical (unpaired) electrons. The van der Waals surface area contributed by atoms with Crippen LogP contribution in [0.1, 0.15) is 57.1 Å². The summed E-state index contributed by atoms with van der Waals surface area (Å²) in [6, 6.07) is 9.94. The Bertz CT molecular complexity index is 373. The highest BCUT2D eigenvalue weighted by molar-refractivity contribution is 5.31. The summed E-state index contributed by atoms with van der Waals surface area (Å²) < 4.78 is 0. The topological polar surface area (TPSA) is 35.8 Å². The number of benzene rings is 1. The lowest BCUT2D eigenvalue weighted by Gasteiger charge is -2.06. The number of nitriles is 1. The van der Waals surface area contributed by atoms with Crippen LogP contribution < -0.4 is 5.32 Å². The zero-order valence-corrected chi connectivity index (χ0v) is 12.3. The lowest BCUT2D eigenvalue weighted by atomic mass is 10.0. The van der Waals surface area contributed by atoms with Crippen molar-refractivity contribution in [2.45, 2.75) is 52.5 Å². The van der Waals surface area contributed by atoms with Crippen LogP contribution in [0.5, 0.6) is 0 Å². The minimum absolute atomic E-state index is 0.730. The fourth-order valence-electron chi connectivity index (χ4n) is 2.09. The molecule has 1 rings (SSSR count). The summed E-state index contributed by atoms with van der Waals surface area (Å²) in [5.41, 5.74) is 1.98. The second-order valence-electron chi connectivity index (χ2n) is 5.58. The third-order valence-corrected chi connectivity index (χ3v) is 3.30. The Balaban J connectivity index is 2.00. The van der Waals surface area contributed by atoms with E-state index in [1.54, 1.807) is 0 Å². The van der Waals surface area contributed by atoms with E-state index in [0.29, 0.717) is 0 Å². The molecule has 0 saturated carbocycles. The summed E-state index contributed by atoms with van der Waals surface area (Å²) in [5.74, 6) is 0.842. The Morgan fingerprint density at radius 3 is 2.37 bits per heavy atom. The van der Waals surface area contributed by atoms with Crippen molar-refractivity contribution in [2.75, 3.05) is 6.54 Å². The molecular weight excluding hydrogens is 232 g/mol. The molecule has 1 aromatic rings. The molecule has 0 fully saturated rings. The first-order valence-electron chi connectivity index (χ1n) is 7.42. The van der Waals surface area contributed by atoms with Gasteiger partial charge in [0.25, 0.3) is 0 Å². The van der Waals surface area contributed by atoms with E-state index in [1.165, 1.54) is 37.7 Å². The quantitative estimate of drug-likeness (QED) is 0.672. The van der Waals surface area contributed by atoms with E-state index in [-0.39, 0.29) is 0 Å². The molecule has 0 aliphatic carbocycles. The van der Waals surface area contributed by atoms with Crippen LogP contribution in [0.3, 0.4) is 0 Å². The molecule has 2 heteroatoms. The predicted octanol–water partition coefficient (Wildman–Crippen LogP) is 4.25. The molecule has 0 aliphatic heterocycles. The van der Waals surface area contributed by atoms with E-state index in [0.717, 1.165) is 24.6 Å². The van der Waals surface area contributed by atoms with Crippen LogP contribution in [-0.2, 0) is 6.54 Å². The van der Waals surface area contributed by atoms with Crippen LogP contribution in [-0.4, -0.2) is 6.54 Å². The Labute approximate surface area is 117 Å². The van der Waals surface area contributed by atoms with E-state index >= 15 is 0 Å². The third kappa shape index (κ3) is 7.64. The average molecular weight is 258 g/mol. The minimum atomic E-state index is 0.730. The van der Waals surface area contributed by atoms with Crippen molar-refractivity contribution in [3.05, 3.63) is 35.4 Å². The Kier molecular flexibility index (Phi) is 7.93. The molecule has 2 nitrogen and oxygen atoms in total. The number of nitrogens with zero attached hydrogens (tertiary/aromatic N) is 1. The second kappa shape index (κ2) is 9.58. The predicted molar refractivity (Wildman–Crippen MR) is 80.8 cm³/mol. The fourth-order valence-corrected chi connectivity index (χ4v) is 2.09. The summed E-state index contributed by atoms with van der Waals surface area (Å²) in [5, 5.41) is 12.2. The van der Waals surface area contributed by atoms with Crippen molar-refractivity contribution in [1.82, 2.24) is 5.32 Å². The van der Waals surface area contributed by atoms with E-state index < -0.39 is 0 Å². The largest absolute Gasteiger partial charge is 0.313 e. The lowest BCUT2D eigenvalue weighted by molar-refractivity contribution is 0.512. The van der Waals surface area contributed by atoms with Crippen molar-refractivity contribution in [1.29, 1.82) is 5.26 Å². The maximum absolute atomic E-state index is 8.71. The molecule has 1 N–H and O–H groups in total. The highest BCUT2D eigenvalue weighted by Crippen LogP contribution is 2.09. The highest BCUT2D eigenvalue weighted by Gasteiger charge is 1.96. The summed E-state index contributed by atoms with van der Waals surface area (Å²) in [4.78, 5) is 0. The number of hydrogen-bond acceptors (Lipinski definition) is 2. The van der Waals surface area contributed by atoms with Gasteiger partial charge in [-0.1, -0.05) is 51.7 Å². The number of rotatable bonds is 9. The van der Waals surface area contributed by atoms with Crippen LogP contribution in [0.15, 0.2) is 24.3 Å². The molecule has 0 spiro atoms. The van der Waals surface area contributed by atoms with Gasteiger partial charge in [-0.3, -0.25) is 0 Å². The molecule has 0 aliphatic rings. The van der Waals surface area contributed by atoms with Crippen molar-refractivity contribution in [3.8, 4) is 6.07 Å². The number of hydrogen-bond donors (Lipinski definition) is 1. The smallest absolute Gasteiger partial charge is 0.0991 e. The molecule has 0 unspecified atom stereocenters. The van der Waals surface area contributed by atoms with Gasteiger partial charge < -0.3 is 5.32 Å². The first-order chi connectivity index (χ1) is 9.22. The van der Waals surface area contributed by atoms with E-state index in [9.17, 15) is 0 Å². The van der Waals surface area contributed by atoms with Crippen LogP contribution >= 0.6 is 0 Å². The first-order valence-corrected chi connectivity index (χ1v) is 7.42. The number of nitrogens with one attached hydrogen (secondary N) is 1. The Hall–Kier alpha value is -1.33. The molecule has 0 heterocycles. The third-order valence-electron chi connectivity index (χ3n) is 3.30. The Morgan fingerprint density at radius 1 is 1.05 bits per heavy atom. The fraction of sp³-hybridized carbons (Fsp3) is 0.588. The van der Waals surface area contributed by atoms with Crippen molar-refractivity contribution in [2.24, 2.45) is 5.92 Å².